The molecule has 0 amide bonds. The lowest BCUT2D eigenvalue weighted by atomic mass is 10.4. The molecule has 9 heavy (non-hydrogen) atoms. The van der Waals surface area contributed by atoms with Crippen LogP contribution in [0.2, 0.25) is 0 Å². The second kappa shape index (κ2) is 4.25. The van der Waals surface area contributed by atoms with Crippen LogP contribution in [0.15, 0.2) is 0 Å². The highest BCUT2D eigenvalue weighted by molar-refractivity contribution is 7.85. The lowest BCUT2D eigenvalue weighted by Crippen LogP contribution is -2.38. The van der Waals surface area contributed by atoms with Crippen LogP contribution in [-0.2, 0) is 10.8 Å². The van der Waals surface area contributed by atoms with Crippen molar-refractivity contribution >= 4 is 23.2 Å². The normalized spacial score (nSPS) is 35.2. The van der Waals surface area contributed by atoms with Gasteiger partial charge in [0, 0.05) is 34.9 Å². The van der Waals surface area contributed by atoms with Crippen LogP contribution < -0.4 is 5.32 Å². The predicted molar refractivity (Wildman–Crippen MR) is 42.6 cm³/mol. The second-order valence-electron chi connectivity index (χ2n) is 2.10. The average molecular weight is 170 g/mol. The summed E-state index contributed by atoms with van der Waals surface area (Å²) >= 11 is 0. The van der Waals surface area contributed by atoms with Gasteiger partial charge < -0.3 is 5.32 Å². The molecule has 0 spiro atoms. The van der Waals surface area contributed by atoms with Gasteiger partial charge in [0.15, 0.2) is 0 Å². The number of halogens is 1. The van der Waals surface area contributed by atoms with Crippen molar-refractivity contribution in [1.82, 2.24) is 5.32 Å². The number of hydrogen-bond acceptors (Lipinski definition) is 2. The monoisotopic (exact) mass is 169 g/mol. The summed E-state index contributed by atoms with van der Waals surface area (Å²) in [6, 6.07) is 0. The standard InChI is InChI=1S/C5H11NOS.ClH/c1-5-4-6-2-3-8(5)7;/h5-6H,2-4H2,1H3;1H. The van der Waals surface area contributed by atoms with Crippen LogP contribution in [0.4, 0.5) is 0 Å². The first kappa shape index (κ1) is 9.40. The Balaban J connectivity index is 0.000000640. The molecule has 0 saturated carbocycles. The third-order valence-electron chi connectivity index (χ3n) is 1.36. The van der Waals surface area contributed by atoms with Crippen LogP contribution in [0.1, 0.15) is 6.92 Å². The molecule has 1 fully saturated rings. The van der Waals surface area contributed by atoms with Crippen molar-refractivity contribution in [3.05, 3.63) is 0 Å². The fraction of sp³-hybridized carbons (Fsp3) is 1.00. The van der Waals surface area contributed by atoms with Gasteiger partial charge in [0.25, 0.3) is 0 Å². The van der Waals surface area contributed by atoms with E-state index in [2.05, 4.69) is 5.32 Å². The van der Waals surface area contributed by atoms with Crippen LogP contribution in [0.5, 0.6) is 0 Å². The highest BCUT2D eigenvalue weighted by atomic mass is 35.5. The average Bonchev–Trinajstić information content (AvgIpc) is 1.77. The molecule has 1 aliphatic heterocycles. The maximum absolute atomic E-state index is 10.9. The van der Waals surface area contributed by atoms with Gasteiger partial charge in [-0.15, -0.1) is 12.4 Å². The molecule has 1 rings (SSSR count). The summed E-state index contributed by atoms with van der Waals surface area (Å²) < 4.78 is 10.9. The Hall–Kier alpha value is 0.400. The molecular formula is C5H12ClNOS. The van der Waals surface area contributed by atoms with Crippen molar-refractivity contribution < 1.29 is 4.21 Å². The van der Waals surface area contributed by atoms with Gasteiger partial charge in [0.05, 0.1) is 0 Å². The Kier molecular flexibility index (Phi) is 4.44. The van der Waals surface area contributed by atoms with Crippen molar-refractivity contribution in [2.24, 2.45) is 0 Å². The van der Waals surface area contributed by atoms with Crippen molar-refractivity contribution in [2.45, 2.75) is 12.2 Å². The Labute approximate surface area is 64.3 Å². The van der Waals surface area contributed by atoms with E-state index in [1.807, 2.05) is 6.92 Å². The molecule has 1 N–H and O–H groups in total. The van der Waals surface area contributed by atoms with Gasteiger partial charge in [-0.2, -0.15) is 0 Å². The van der Waals surface area contributed by atoms with E-state index < -0.39 is 10.8 Å². The van der Waals surface area contributed by atoms with Crippen molar-refractivity contribution in [3.63, 3.8) is 0 Å². The van der Waals surface area contributed by atoms with E-state index in [1.54, 1.807) is 0 Å². The Morgan fingerprint density at radius 3 is 2.67 bits per heavy atom. The largest absolute Gasteiger partial charge is 0.315 e. The number of hydrogen-bond donors (Lipinski definition) is 1. The van der Waals surface area contributed by atoms with E-state index in [0.717, 1.165) is 18.8 Å². The van der Waals surface area contributed by atoms with Crippen LogP contribution in [-0.4, -0.2) is 28.3 Å². The van der Waals surface area contributed by atoms with Gasteiger partial charge in [0.2, 0.25) is 0 Å². The minimum atomic E-state index is -0.547. The van der Waals surface area contributed by atoms with Gasteiger partial charge in [-0.3, -0.25) is 4.21 Å². The molecule has 2 nitrogen and oxygen atoms in total. The fourth-order valence-electron chi connectivity index (χ4n) is 0.772. The Bertz CT molecular complexity index is 109. The maximum atomic E-state index is 10.9. The zero-order valence-electron chi connectivity index (χ0n) is 5.42. The molecule has 0 radical (unpaired) electrons. The molecule has 0 aromatic rings. The number of rotatable bonds is 0. The van der Waals surface area contributed by atoms with E-state index >= 15 is 0 Å². The van der Waals surface area contributed by atoms with Crippen LogP contribution in [0.25, 0.3) is 0 Å². The summed E-state index contributed by atoms with van der Waals surface area (Å²) in [6.45, 7) is 3.87. The SMILES string of the molecule is CC1CNCCS1=O.Cl. The second-order valence-corrected chi connectivity index (χ2v) is 4.07. The third kappa shape index (κ3) is 2.65. The van der Waals surface area contributed by atoms with Gasteiger partial charge in [0.1, 0.15) is 0 Å². The maximum Gasteiger partial charge on any atom is 0.0444 e. The van der Waals surface area contributed by atoms with Crippen molar-refractivity contribution in [1.29, 1.82) is 0 Å². The molecule has 2 unspecified atom stereocenters. The summed E-state index contributed by atoms with van der Waals surface area (Å²) in [5.41, 5.74) is 0. The van der Waals surface area contributed by atoms with Gasteiger partial charge >= 0.3 is 0 Å². The molecule has 1 aliphatic rings. The quantitative estimate of drug-likeness (QED) is 0.560. The summed E-state index contributed by atoms with van der Waals surface area (Å²) in [7, 11) is -0.547. The zero-order valence-corrected chi connectivity index (χ0v) is 7.06. The summed E-state index contributed by atoms with van der Waals surface area (Å²) in [5.74, 6) is 0.834. The van der Waals surface area contributed by atoms with Gasteiger partial charge in [-0.05, 0) is 6.92 Å². The van der Waals surface area contributed by atoms with Crippen LogP contribution in [0.3, 0.4) is 0 Å². The first-order valence-electron chi connectivity index (χ1n) is 2.88. The first-order valence-corrected chi connectivity index (χ1v) is 4.27. The Morgan fingerprint density at radius 1 is 1.67 bits per heavy atom. The lowest BCUT2D eigenvalue weighted by Gasteiger charge is -2.17. The molecule has 0 aromatic carbocycles. The predicted octanol–water partition coefficient (Wildman–Crippen LogP) is 0.149. The first-order chi connectivity index (χ1) is 3.80. The molecule has 0 aromatic heterocycles. The van der Waals surface area contributed by atoms with E-state index in [1.165, 1.54) is 0 Å². The fourth-order valence-corrected chi connectivity index (χ4v) is 1.82. The highest BCUT2D eigenvalue weighted by Crippen LogP contribution is 1.97. The molecule has 0 aliphatic carbocycles. The van der Waals surface area contributed by atoms with Crippen molar-refractivity contribution in [2.75, 3.05) is 18.8 Å². The summed E-state index contributed by atoms with van der Waals surface area (Å²) in [4.78, 5) is 0. The minimum Gasteiger partial charge on any atom is -0.315 e. The lowest BCUT2D eigenvalue weighted by molar-refractivity contribution is 0.628. The van der Waals surface area contributed by atoms with Crippen LogP contribution in [0, 0.1) is 0 Å². The summed E-state index contributed by atoms with van der Waals surface area (Å²) in [6.07, 6.45) is 0. The molecule has 2 atom stereocenters. The third-order valence-corrected chi connectivity index (χ3v) is 3.03. The molecule has 4 heteroatoms. The van der Waals surface area contributed by atoms with Gasteiger partial charge in [-0.25, -0.2) is 0 Å². The van der Waals surface area contributed by atoms with E-state index in [0.29, 0.717) is 5.25 Å². The van der Waals surface area contributed by atoms with E-state index in [-0.39, 0.29) is 12.4 Å². The zero-order chi connectivity index (χ0) is 5.98. The van der Waals surface area contributed by atoms with Crippen molar-refractivity contribution in [3.8, 4) is 0 Å². The molecule has 56 valence electrons. The summed E-state index contributed by atoms with van der Waals surface area (Å²) in [5, 5.41) is 3.54. The topological polar surface area (TPSA) is 29.1 Å². The molecule has 0 bridgehead atoms. The van der Waals surface area contributed by atoms with E-state index in [9.17, 15) is 4.21 Å². The van der Waals surface area contributed by atoms with Gasteiger partial charge in [-0.1, -0.05) is 0 Å². The minimum absolute atomic E-state index is 0. The highest BCUT2D eigenvalue weighted by Gasteiger charge is 2.13. The smallest absolute Gasteiger partial charge is 0.0444 e. The van der Waals surface area contributed by atoms with E-state index in [4.69, 9.17) is 0 Å². The Morgan fingerprint density at radius 2 is 2.33 bits per heavy atom. The molecular weight excluding hydrogens is 158 g/mol. The molecule has 1 heterocycles. The molecule has 1 saturated heterocycles. The van der Waals surface area contributed by atoms with Crippen LogP contribution >= 0.6 is 12.4 Å². The number of nitrogens with one attached hydrogen (secondary N) is 1.